The van der Waals surface area contributed by atoms with Gasteiger partial charge in [-0.15, -0.1) is 0 Å². The number of nitrogens with one attached hydrogen (secondary N) is 1. The number of halogens is 1. The van der Waals surface area contributed by atoms with Crippen LogP contribution >= 0.6 is 15.9 Å². The summed E-state index contributed by atoms with van der Waals surface area (Å²) in [5, 5.41) is 3.17. The lowest BCUT2D eigenvalue weighted by atomic mass is 10.2. The van der Waals surface area contributed by atoms with E-state index in [0.29, 0.717) is 6.54 Å². The van der Waals surface area contributed by atoms with Crippen molar-refractivity contribution in [3.63, 3.8) is 0 Å². The zero-order valence-corrected chi connectivity index (χ0v) is 9.19. The van der Waals surface area contributed by atoms with Gasteiger partial charge in [-0.05, 0) is 24.6 Å². The van der Waals surface area contributed by atoms with Gasteiger partial charge in [0.05, 0.1) is 11.4 Å². The van der Waals surface area contributed by atoms with Crippen molar-refractivity contribution < 1.29 is 0 Å². The molecule has 0 aromatic heterocycles. The third-order valence-electron chi connectivity index (χ3n) is 1.68. The Morgan fingerprint density at radius 3 is 2.85 bits per heavy atom. The molecule has 0 aliphatic rings. The SMILES string of the molecule is C=C(Br)CNc1ccc(C)cc1N. The Hall–Kier alpha value is -0.960. The quantitative estimate of drug-likeness (QED) is 0.798. The smallest absolute Gasteiger partial charge is 0.0576 e. The van der Waals surface area contributed by atoms with Gasteiger partial charge in [-0.25, -0.2) is 0 Å². The van der Waals surface area contributed by atoms with Crippen molar-refractivity contribution >= 4 is 27.3 Å². The van der Waals surface area contributed by atoms with Crippen molar-refractivity contribution in [2.75, 3.05) is 17.6 Å². The molecule has 1 aromatic rings. The zero-order valence-electron chi connectivity index (χ0n) is 7.60. The van der Waals surface area contributed by atoms with E-state index in [1.807, 2.05) is 25.1 Å². The highest BCUT2D eigenvalue weighted by Gasteiger charge is 1.97. The molecule has 0 aliphatic heterocycles. The Balaban J connectivity index is 2.72. The molecular weight excluding hydrogens is 228 g/mol. The topological polar surface area (TPSA) is 38.0 Å². The van der Waals surface area contributed by atoms with E-state index in [-0.39, 0.29) is 0 Å². The van der Waals surface area contributed by atoms with E-state index in [9.17, 15) is 0 Å². The molecule has 13 heavy (non-hydrogen) atoms. The predicted octanol–water partition coefficient (Wildman–Crippen LogP) is 2.90. The Bertz CT molecular complexity index is 321. The number of hydrogen-bond donors (Lipinski definition) is 2. The minimum absolute atomic E-state index is 0.688. The Morgan fingerprint density at radius 1 is 1.62 bits per heavy atom. The lowest BCUT2D eigenvalue weighted by molar-refractivity contribution is 1.32. The molecule has 0 aliphatic carbocycles. The molecule has 0 radical (unpaired) electrons. The van der Waals surface area contributed by atoms with Gasteiger partial charge in [-0.2, -0.15) is 0 Å². The summed E-state index contributed by atoms with van der Waals surface area (Å²) >= 11 is 3.27. The molecule has 2 nitrogen and oxygen atoms in total. The number of nitrogens with two attached hydrogens (primary N) is 1. The number of benzene rings is 1. The highest BCUT2D eigenvalue weighted by atomic mass is 79.9. The van der Waals surface area contributed by atoms with Gasteiger partial charge in [-0.3, -0.25) is 0 Å². The molecule has 0 fully saturated rings. The van der Waals surface area contributed by atoms with Crippen LogP contribution in [0.15, 0.2) is 29.3 Å². The molecule has 0 heterocycles. The van der Waals surface area contributed by atoms with Gasteiger partial charge >= 0.3 is 0 Å². The minimum atomic E-state index is 0.688. The monoisotopic (exact) mass is 240 g/mol. The summed E-state index contributed by atoms with van der Waals surface area (Å²) in [7, 11) is 0. The average Bonchev–Trinajstić information content (AvgIpc) is 2.02. The van der Waals surface area contributed by atoms with Crippen LogP contribution < -0.4 is 11.1 Å². The van der Waals surface area contributed by atoms with E-state index in [1.165, 1.54) is 5.56 Å². The third kappa shape index (κ3) is 3.11. The summed E-state index contributed by atoms with van der Waals surface area (Å²) < 4.78 is 0.910. The van der Waals surface area contributed by atoms with Crippen molar-refractivity contribution in [1.82, 2.24) is 0 Å². The second-order valence-electron chi connectivity index (χ2n) is 2.96. The summed E-state index contributed by atoms with van der Waals surface area (Å²) in [6.45, 7) is 6.44. The molecule has 3 N–H and O–H groups in total. The van der Waals surface area contributed by atoms with Crippen LogP contribution in [0.1, 0.15) is 5.56 Å². The fraction of sp³-hybridized carbons (Fsp3) is 0.200. The first-order valence-corrected chi connectivity index (χ1v) is 4.82. The summed E-state index contributed by atoms with van der Waals surface area (Å²) in [5.74, 6) is 0. The number of rotatable bonds is 3. The lowest BCUT2D eigenvalue weighted by Crippen LogP contribution is -2.03. The van der Waals surface area contributed by atoms with Gasteiger partial charge in [0.1, 0.15) is 0 Å². The molecule has 0 bridgehead atoms. The summed E-state index contributed by atoms with van der Waals surface area (Å²) in [6.07, 6.45) is 0. The van der Waals surface area contributed by atoms with E-state index in [4.69, 9.17) is 5.73 Å². The fourth-order valence-corrected chi connectivity index (χ4v) is 1.17. The highest BCUT2D eigenvalue weighted by Crippen LogP contribution is 2.19. The normalized spacial score (nSPS) is 9.69. The molecule has 3 heteroatoms. The number of anilines is 2. The maximum Gasteiger partial charge on any atom is 0.0576 e. The second-order valence-corrected chi connectivity index (χ2v) is 4.08. The van der Waals surface area contributed by atoms with Crippen LogP contribution in [0.2, 0.25) is 0 Å². The van der Waals surface area contributed by atoms with E-state index >= 15 is 0 Å². The zero-order chi connectivity index (χ0) is 9.84. The number of hydrogen-bond acceptors (Lipinski definition) is 2. The van der Waals surface area contributed by atoms with Gasteiger partial charge in [0, 0.05) is 11.0 Å². The van der Waals surface area contributed by atoms with Crippen molar-refractivity contribution in [3.05, 3.63) is 34.8 Å². The first-order valence-electron chi connectivity index (χ1n) is 4.03. The molecule has 1 aromatic carbocycles. The van der Waals surface area contributed by atoms with Crippen LogP contribution in [0.5, 0.6) is 0 Å². The first kappa shape index (κ1) is 10.1. The maximum absolute atomic E-state index is 5.80. The molecule has 0 saturated heterocycles. The van der Waals surface area contributed by atoms with Crippen molar-refractivity contribution in [2.24, 2.45) is 0 Å². The average molecular weight is 241 g/mol. The summed E-state index contributed by atoms with van der Waals surface area (Å²) in [5.41, 5.74) is 8.69. The predicted molar refractivity (Wildman–Crippen MR) is 62.1 cm³/mol. The minimum Gasteiger partial charge on any atom is -0.397 e. The van der Waals surface area contributed by atoms with E-state index in [0.717, 1.165) is 15.9 Å². The van der Waals surface area contributed by atoms with Crippen LogP contribution in [-0.2, 0) is 0 Å². The van der Waals surface area contributed by atoms with Gasteiger partial charge in [0.15, 0.2) is 0 Å². The largest absolute Gasteiger partial charge is 0.397 e. The molecule has 0 spiro atoms. The molecule has 0 unspecified atom stereocenters. The summed E-state index contributed by atoms with van der Waals surface area (Å²) in [4.78, 5) is 0. The van der Waals surface area contributed by atoms with Crippen LogP contribution in [0, 0.1) is 6.92 Å². The highest BCUT2D eigenvalue weighted by molar-refractivity contribution is 9.11. The van der Waals surface area contributed by atoms with Crippen LogP contribution in [0.25, 0.3) is 0 Å². The Morgan fingerprint density at radius 2 is 2.31 bits per heavy atom. The van der Waals surface area contributed by atoms with Gasteiger partial charge < -0.3 is 11.1 Å². The second kappa shape index (κ2) is 4.33. The number of nitrogen functional groups attached to an aromatic ring is 1. The Kier molecular flexibility index (Phi) is 3.37. The van der Waals surface area contributed by atoms with Crippen molar-refractivity contribution in [3.8, 4) is 0 Å². The van der Waals surface area contributed by atoms with Gasteiger partial charge in [0.25, 0.3) is 0 Å². The molecule has 0 saturated carbocycles. The first-order chi connectivity index (χ1) is 6.09. The molecule has 1 rings (SSSR count). The maximum atomic E-state index is 5.80. The summed E-state index contributed by atoms with van der Waals surface area (Å²) in [6, 6.07) is 5.94. The van der Waals surface area contributed by atoms with Gasteiger partial charge in [-0.1, -0.05) is 28.6 Å². The van der Waals surface area contributed by atoms with Gasteiger partial charge in [0.2, 0.25) is 0 Å². The fourth-order valence-electron chi connectivity index (χ4n) is 1.03. The van der Waals surface area contributed by atoms with Crippen LogP contribution in [-0.4, -0.2) is 6.54 Å². The standard InChI is InChI=1S/C10H13BrN2/c1-7-3-4-10(9(12)5-7)13-6-8(2)11/h3-5,13H,2,6,12H2,1H3. The molecule has 0 amide bonds. The van der Waals surface area contributed by atoms with E-state index < -0.39 is 0 Å². The molecular formula is C10H13BrN2. The van der Waals surface area contributed by atoms with Crippen LogP contribution in [0.3, 0.4) is 0 Å². The third-order valence-corrected chi connectivity index (χ3v) is 1.96. The van der Waals surface area contributed by atoms with Crippen molar-refractivity contribution in [2.45, 2.75) is 6.92 Å². The Labute approximate surface area is 87.0 Å². The van der Waals surface area contributed by atoms with Crippen LogP contribution in [0.4, 0.5) is 11.4 Å². The lowest BCUT2D eigenvalue weighted by Gasteiger charge is -2.08. The van der Waals surface area contributed by atoms with Crippen molar-refractivity contribution in [1.29, 1.82) is 0 Å². The number of aryl methyl sites for hydroxylation is 1. The molecule has 70 valence electrons. The molecule has 0 atom stereocenters. The van der Waals surface area contributed by atoms with E-state index in [1.54, 1.807) is 0 Å². The van der Waals surface area contributed by atoms with E-state index in [2.05, 4.69) is 27.8 Å².